The van der Waals surface area contributed by atoms with E-state index in [0.29, 0.717) is 12.0 Å². The van der Waals surface area contributed by atoms with Crippen LogP contribution >= 0.6 is 22.3 Å². The maximum Gasteiger partial charge on any atom is 0.261 e. The fraction of sp³-hybridized carbons (Fsp3) is 0.462. The Hall–Kier alpha value is -0.850. The number of carbonyl (C=O) groups excluding carboxylic acids is 1. The lowest BCUT2D eigenvalue weighted by Crippen LogP contribution is -2.33. The van der Waals surface area contributed by atoms with Gasteiger partial charge in [-0.15, -0.1) is 0 Å². The number of hydrogen-bond donors (Lipinski definition) is 1. The molecule has 8 heteroatoms. The van der Waals surface area contributed by atoms with Crippen molar-refractivity contribution in [2.24, 2.45) is 5.92 Å². The topological polar surface area (TPSA) is 63.2 Å². The molecule has 0 radical (unpaired) electrons. The third-order valence-corrected chi connectivity index (χ3v) is 5.28. The summed E-state index contributed by atoms with van der Waals surface area (Å²) in [5.74, 6) is -1.08. The number of hydrogen-bond acceptors (Lipinski definition) is 3. The molecular weight excluding hydrogens is 340 g/mol. The Balaban J connectivity index is 2.30. The third-order valence-electron chi connectivity index (χ3n) is 3.56. The van der Waals surface area contributed by atoms with Gasteiger partial charge in [0, 0.05) is 16.7 Å². The maximum atomic E-state index is 13.7. The summed E-state index contributed by atoms with van der Waals surface area (Å²) in [7, 11) is 1.04. The van der Waals surface area contributed by atoms with Gasteiger partial charge < -0.3 is 5.32 Å². The second kappa shape index (κ2) is 6.10. The van der Waals surface area contributed by atoms with E-state index in [2.05, 4.69) is 12.2 Å². The van der Waals surface area contributed by atoms with Gasteiger partial charge in [-0.25, -0.2) is 12.8 Å². The molecule has 1 N–H and O–H groups in total. The minimum Gasteiger partial charge on any atom is -0.349 e. The zero-order chi connectivity index (χ0) is 15.8. The average molecular weight is 354 g/mol. The van der Waals surface area contributed by atoms with Crippen LogP contribution in [-0.2, 0) is 9.05 Å². The van der Waals surface area contributed by atoms with Crippen LogP contribution in [0.25, 0.3) is 0 Å². The van der Waals surface area contributed by atoms with Crippen molar-refractivity contribution >= 4 is 37.2 Å². The molecule has 0 heterocycles. The van der Waals surface area contributed by atoms with Crippen LogP contribution in [0.4, 0.5) is 4.39 Å². The number of benzene rings is 1. The Morgan fingerprint density at radius 2 is 2.05 bits per heavy atom. The number of halogens is 3. The summed E-state index contributed by atoms with van der Waals surface area (Å²) < 4.78 is 36.2. The molecule has 0 spiro atoms. The molecule has 0 aliphatic heterocycles. The molecule has 2 rings (SSSR count). The lowest BCUT2D eigenvalue weighted by atomic mass is 10.1. The second-order valence-electron chi connectivity index (χ2n) is 5.29. The van der Waals surface area contributed by atoms with Crippen LogP contribution in [0.3, 0.4) is 0 Å². The van der Waals surface area contributed by atoms with Gasteiger partial charge >= 0.3 is 0 Å². The largest absolute Gasteiger partial charge is 0.349 e. The van der Waals surface area contributed by atoms with E-state index in [0.717, 1.165) is 25.3 Å². The van der Waals surface area contributed by atoms with Crippen LogP contribution in [0.5, 0.6) is 0 Å². The standard InChI is InChI=1S/C13H14Cl2FNO3S/c1-7-2-3-8(4-7)17-13(18)10-5-9(21(15,19)20)6-11(16)12(10)14/h5-8H,2-4H2,1H3,(H,17,18). The predicted molar refractivity (Wildman–Crippen MR) is 78.7 cm³/mol. The van der Waals surface area contributed by atoms with E-state index in [1.54, 1.807) is 0 Å². The van der Waals surface area contributed by atoms with Gasteiger partial charge in [0.15, 0.2) is 0 Å². The van der Waals surface area contributed by atoms with E-state index in [9.17, 15) is 17.6 Å². The van der Waals surface area contributed by atoms with Crippen LogP contribution in [0, 0.1) is 11.7 Å². The predicted octanol–water partition coefficient (Wildman–Crippen LogP) is 3.33. The zero-order valence-corrected chi connectivity index (χ0v) is 13.5. The molecule has 0 saturated heterocycles. The van der Waals surface area contributed by atoms with Gasteiger partial charge in [-0.1, -0.05) is 18.5 Å². The summed E-state index contributed by atoms with van der Waals surface area (Å²) in [6, 6.07) is 1.67. The first kappa shape index (κ1) is 16.5. The zero-order valence-electron chi connectivity index (χ0n) is 11.2. The summed E-state index contributed by atoms with van der Waals surface area (Å²) >= 11 is 5.75. The van der Waals surface area contributed by atoms with Crippen molar-refractivity contribution in [2.45, 2.75) is 37.1 Å². The normalized spacial score (nSPS) is 22.3. The molecule has 1 amide bonds. The number of nitrogens with one attached hydrogen (secondary N) is 1. The Morgan fingerprint density at radius 3 is 2.57 bits per heavy atom. The van der Waals surface area contributed by atoms with Crippen LogP contribution < -0.4 is 5.32 Å². The molecule has 1 fully saturated rings. The van der Waals surface area contributed by atoms with Crippen molar-refractivity contribution in [3.05, 3.63) is 28.5 Å². The van der Waals surface area contributed by atoms with Crippen LogP contribution in [0.2, 0.25) is 5.02 Å². The molecule has 116 valence electrons. The van der Waals surface area contributed by atoms with Crippen molar-refractivity contribution in [1.82, 2.24) is 5.32 Å². The maximum absolute atomic E-state index is 13.7. The lowest BCUT2D eigenvalue weighted by Gasteiger charge is -2.14. The van der Waals surface area contributed by atoms with Crippen molar-refractivity contribution in [3.8, 4) is 0 Å². The Morgan fingerprint density at radius 1 is 1.38 bits per heavy atom. The molecule has 1 aromatic carbocycles. The number of amides is 1. The van der Waals surface area contributed by atoms with Crippen molar-refractivity contribution in [3.63, 3.8) is 0 Å². The molecule has 1 saturated carbocycles. The molecule has 4 nitrogen and oxygen atoms in total. The molecule has 21 heavy (non-hydrogen) atoms. The third kappa shape index (κ3) is 3.87. The van der Waals surface area contributed by atoms with Gasteiger partial charge in [-0.05, 0) is 37.3 Å². The number of carbonyl (C=O) groups is 1. The van der Waals surface area contributed by atoms with E-state index in [-0.39, 0.29) is 11.6 Å². The summed E-state index contributed by atoms with van der Waals surface area (Å²) in [4.78, 5) is 11.7. The SMILES string of the molecule is CC1CCC(NC(=O)c2cc(S(=O)(=O)Cl)cc(F)c2Cl)C1. The molecule has 0 bridgehead atoms. The summed E-state index contributed by atoms with van der Waals surface area (Å²) in [6.07, 6.45) is 2.67. The molecule has 2 atom stereocenters. The monoisotopic (exact) mass is 353 g/mol. The van der Waals surface area contributed by atoms with Crippen molar-refractivity contribution in [2.75, 3.05) is 0 Å². The Bertz CT molecular complexity index is 678. The molecule has 2 unspecified atom stereocenters. The van der Waals surface area contributed by atoms with E-state index in [1.807, 2.05) is 0 Å². The van der Waals surface area contributed by atoms with E-state index in [4.69, 9.17) is 22.3 Å². The number of rotatable bonds is 3. The Labute approximate surface area is 132 Å². The van der Waals surface area contributed by atoms with Crippen LogP contribution in [-0.4, -0.2) is 20.4 Å². The molecule has 1 aliphatic rings. The average Bonchev–Trinajstić information content (AvgIpc) is 2.76. The highest BCUT2D eigenvalue weighted by Gasteiger charge is 2.26. The second-order valence-corrected chi connectivity index (χ2v) is 8.24. The van der Waals surface area contributed by atoms with Crippen LogP contribution in [0.1, 0.15) is 36.5 Å². The van der Waals surface area contributed by atoms with Crippen molar-refractivity contribution in [1.29, 1.82) is 0 Å². The van der Waals surface area contributed by atoms with Gasteiger partial charge in [-0.2, -0.15) is 0 Å². The highest BCUT2D eigenvalue weighted by Crippen LogP contribution is 2.28. The summed E-state index contributed by atoms with van der Waals surface area (Å²) in [5, 5.41) is 2.33. The quantitative estimate of drug-likeness (QED) is 0.847. The van der Waals surface area contributed by atoms with Gasteiger partial charge in [-0.3, -0.25) is 4.79 Å². The Kier molecular flexibility index (Phi) is 4.80. The van der Waals surface area contributed by atoms with Gasteiger partial charge in [0.1, 0.15) is 5.82 Å². The minimum atomic E-state index is -4.14. The van der Waals surface area contributed by atoms with Crippen LogP contribution in [0.15, 0.2) is 17.0 Å². The van der Waals surface area contributed by atoms with Crippen molar-refractivity contribution < 1.29 is 17.6 Å². The summed E-state index contributed by atoms with van der Waals surface area (Å²) in [6.45, 7) is 2.08. The lowest BCUT2D eigenvalue weighted by molar-refractivity contribution is 0.0936. The highest BCUT2D eigenvalue weighted by molar-refractivity contribution is 8.13. The molecule has 1 aromatic rings. The molecule has 0 aromatic heterocycles. The minimum absolute atomic E-state index is 0.0112. The van der Waals surface area contributed by atoms with E-state index in [1.165, 1.54) is 0 Å². The summed E-state index contributed by atoms with van der Waals surface area (Å²) in [5.41, 5.74) is -0.226. The highest BCUT2D eigenvalue weighted by atomic mass is 35.7. The fourth-order valence-electron chi connectivity index (χ4n) is 2.47. The van der Waals surface area contributed by atoms with Gasteiger partial charge in [0.25, 0.3) is 15.0 Å². The molecular formula is C13H14Cl2FNO3S. The first-order chi connectivity index (χ1) is 9.68. The van der Waals surface area contributed by atoms with E-state index < -0.39 is 30.7 Å². The first-order valence-electron chi connectivity index (χ1n) is 6.43. The van der Waals surface area contributed by atoms with Gasteiger partial charge in [0.2, 0.25) is 0 Å². The smallest absolute Gasteiger partial charge is 0.261 e. The molecule has 1 aliphatic carbocycles. The van der Waals surface area contributed by atoms with Gasteiger partial charge in [0.05, 0.1) is 15.5 Å². The fourth-order valence-corrected chi connectivity index (χ4v) is 3.44. The van der Waals surface area contributed by atoms with E-state index >= 15 is 0 Å². The first-order valence-corrected chi connectivity index (χ1v) is 9.11.